The van der Waals surface area contributed by atoms with Gasteiger partial charge in [-0.2, -0.15) is 0 Å². The predicted molar refractivity (Wildman–Crippen MR) is 92.3 cm³/mol. The van der Waals surface area contributed by atoms with E-state index in [4.69, 9.17) is 28.9 Å². The Morgan fingerprint density at radius 1 is 1.29 bits per heavy atom. The van der Waals surface area contributed by atoms with E-state index >= 15 is 0 Å². The molecule has 0 heterocycles. The SMILES string of the molecule is CCC(CC)(CN)C(=O)N(C)Cc1cccc(Cl)c1Cl.Cl. The highest BCUT2D eigenvalue weighted by Gasteiger charge is 2.35. The monoisotopic (exact) mass is 352 g/mol. The van der Waals surface area contributed by atoms with Crippen LogP contribution in [0, 0.1) is 5.41 Å². The molecule has 1 aromatic rings. The number of hydrogen-bond donors (Lipinski definition) is 1. The van der Waals surface area contributed by atoms with Crippen molar-refractivity contribution in [2.45, 2.75) is 33.2 Å². The van der Waals surface area contributed by atoms with Crippen LogP contribution >= 0.6 is 35.6 Å². The first-order valence-electron chi connectivity index (χ1n) is 6.80. The average molecular weight is 354 g/mol. The topological polar surface area (TPSA) is 46.3 Å². The van der Waals surface area contributed by atoms with E-state index in [2.05, 4.69) is 0 Å². The summed E-state index contributed by atoms with van der Waals surface area (Å²) in [6.45, 7) is 4.77. The summed E-state index contributed by atoms with van der Waals surface area (Å²) in [5.41, 5.74) is 6.17. The lowest BCUT2D eigenvalue weighted by Crippen LogP contribution is -2.45. The third-order valence-electron chi connectivity index (χ3n) is 3.98. The second kappa shape index (κ2) is 8.84. The molecule has 0 saturated carbocycles. The average Bonchev–Trinajstić information content (AvgIpc) is 2.46. The number of benzene rings is 1. The van der Waals surface area contributed by atoms with Crippen molar-refractivity contribution in [1.29, 1.82) is 0 Å². The maximum Gasteiger partial charge on any atom is 0.230 e. The van der Waals surface area contributed by atoms with Gasteiger partial charge in [-0.3, -0.25) is 4.79 Å². The molecule has 0 aliphatic heterocycles. The predicted octanol–water partition coefficient (Wildman–Crippen LogP) is 4.14. The Balaban J connectivity index is 0.00000400. The third kappa shape index (κ3) is 4.49. The van der Waals surface area contributed by atoms with Gasteiger partial charge in [0, 0.05) is 20.1 Å². The van der Waals surface area contributed by atoms with Gasteiger partial charge in [-0.1, -0.05) is 49.2 Å². The quantitative estimate of drug-likeness (QED) is 0.835. The summed E-state index contributed by atoms with van der Waals surface area (Å²) < 4.78 is 0. The molecule has 1 aromatic carbocycles. The molecule has 120 valence electrons. The van der Waals surface area contributed by atoms with Crippen molar-refractivity contribution >= 4 is 41.5 Å². The maximum absolute atomic E-state index is 12.6. The lowest BCUT2D eigenvalue weighted by atomic mass is 9.81. The van der Waals surface area contributed by atoms with Crippen LogP contribution in [-0.2, 0) is 11.3 Å². The first-order valence-corrected chi connectivity index (χ1v) is 7.56. The molecular formula is C15H23Cl3N2O. The molecule has 0 aliphatic carbocycles. The highest BCUT2D eigenvalue weighted by atomic mass is 35.5. The molecular weight excluding hydrogens is 331 g/mol. The summed E-state index contributed by atoms with van der Waals surface area (Å²) >= 11 is 12.2. The molecule has 0 atom stereocenters. The van der Waals surface area contributed by atoms with E-state index in [1.54, 1.807) is 18.0 Å². The number of nitrogens with two attached hydrogens (primary N) is 1. The Hall–Kier alpha value is -0.480. The molecule has 0 unspecified atom stereocenters. The second-order valence-corrected chi connectivity index (χ2v) is 5.85. The van der Waals surface area contributed by atoms with Crippen LogP contribution in [0.2, 0.25) is 10.0 Å². The standard InChI is InChI=1S/C15H22Cl2N2O.ClH/c1-4-15(5-2,10-18)14(20)19(3)9-11-7-6-8-12(16)13(11)17;/h6-8H,4-5,9-10,18H2,1-3H3;1H. The second-order valence-electron chi connectivity index (χ2n) is 5.07. The Labute approximate surface area is 143 Å². The van der Waals surface area contributed by atoms with Crippen molar-refractivity contribution in [3.05, 3.63) is 33.8 Å². The van der Waals surface area contributed by atoms with Crippen molar-refractivity contribution in [2.75, 3.05) is 13.6 Å². The fourth-order valence-electron chi connectivity index (χ4n) is 2.33. The van der Waals surface area contributed by atoms with Gasteiger partial charge >= 0.3 is 0 Å². The van der Waals surface area contributed by atoms with Gasteiger partial charge in [0.2, 0.25) is 5.91 Å². The van der Waals surface area contributed by atoms with Gasteiger partial charge in [0.25, 0.3) is 0 Å². The van der Waals surface area contributed by atoms with E-state index in [1.807, 2.05) is 26.0 Å². The van der Waals surface area contributed by atoms with Crippen LogP contribution in [0.25, 0.3) is 0 Å². The van der Waals surface area contributed by atoms with Gasteiger partial charge in [-0.05, 0) is 24.5 Å². The van der Waals surface area contributed by atoms with Crippen LogP contribution in [0.5, 0.6) is 0 Å². The van der Waals surface area contributed by atoms with Crippen LogP contribution in [0.15, 0.2) is 18.2 Å². The van der Waals surface area contributed by atoms with Gasteiger partial charge in [0.15, 0.2) is 0 Å². The van der Waals surface area contributed by atoms with Crippen LogP contribution < -0.4 is 5.73 Å². The number of halogens is 3. The number of hydrogen-bond acceptors (Lipinski definition) is 2. The fraction of sp³-hybridized carbons (Fsp3) is 0.533. The first kappa shape index (κ1) is 20.5. The Kier molecular flexibility index (Phi) is 8.64. The Morgan fingerprint density at radius 3 is 2.33 bits per heavy atom. The van der Waals surface area contributed by atoms with Crippen molar-refractivity contribution in [3.63, 3.8) is 0 Å². The van der Waals surface area contributed by atoms with Crippen molar-refractivity contribution in [2.24, 2.45) is 11.1 Å². The number of nitrogens with zero attached hydrogens (tertiary/aromatic N) is 1. The molecule has 1 rings (SSSR count). The van der Waals surface area contributed by atoms with Gasteiger partial charge in [-0.25, -0.2) is 0 Å². The normalized spacial score (nSPS) is 11.0. The lowest BCUT2D eigenvalue weighted by Gasteiger charge is -2.33. The van der Waals surface area contributed by atoms with Crippen LogP contribution in [-0.4, -0.2) is 24.4 Å². The highest BCUT2D eigenvalue weighted by Crippen LogP contribution is 2.30. The van der Waals surface area contributed by atoms with Crippen LogP contribution in [0.3, 0.4) is 0 Å². The summed E-state index contributed by atoms with van der Waals surface area (Å²) in [4.78, 5) is 14.3. The van der Waals surface area contributed by atoms with Gasteiger partial charge in [0.05, 0.1) is 15.5 Å². The molecule has 3 nitrogen and oxygen atoms in total. The van der Waals surface area contributed by atoms with Crippen LogP contribution in [0.1, 0.15) is 32.3 Å². The molecule has 0 spiro atoms. The van der Waals surface area contributed by atoms with E-state index in [0.29, 0.717) is 23.1 Å². The summed E-state index contributed by atoms with van der Waals surface area (Å²) in [7, 11) is 1.77. The maximum atomic E-state index is 12.6. The van der Waals surface area contributed by atoms with Crippen LogP contribution in [0.4, 0.5) is 0 Å². The lowest BCUT2D eigenvalue weighted by molar-refractivity contribution is -0.141. The smallest absolute Gasteiger partial charge is 0.230 e. The molecule has 0 aromatic heterocycles. The van der Waals surface area contributed by atoms with Crippen molar-refractivity contribution in [3.8, 4) is 0 Å². The summed E-state index contributed by atoms with van der Waals surface area (Å²) in [5.74, 6) is 0.0565. The molecule has 1 amide bonds. The molecule has 0 bridgehead atoms. The highest BCUT2D eigenvalue weighted by molar-refractivity contribution is 6.42. The fourth-order valence-corrected chi connectivity index (χ4v) is 2.71. The number of amides is 1. The third-order valence-corrected chi connectivity index (χ3v) is 4.84. The first-order chi connectivity index (χ1) is 9.41. The summed E-state index contributed by atoms with van der Waals surface area (Å²) in [6, 6.07) is 5.44. The van der Waals surface area contributed by atoms with E-state index in [9.17, 15) is 4.79 Å². The van der Waals surface area contributed by atoms with Crippen molar-refractivity contribution in [1.82, 2.24) is 4.90 Å². The van der Waals surface area contributed by atoms with E-state index in [1.165, 1.54) is 0 Å². The molecule has 0 fully saturated rings. The largest absolute Gasteiger partial charge is 0.341 e. The Morgan fingerprint density at radius 2 is 1.86 bits per heavy atom. The van der Waals surface area contributed by atoms with E-state index in [-0.39, 0.29) is 18.3 Å². The number of carbonyl (C=O) groups is 1. The summed E-state index contributed by atoms with van der Waals surface area (Å²) in [6.07, 6.45) is 1.46. The number of carbonyl (C=O) groups excluding carboxylic acids is 1. The molecule has 6 heteroatoms. The molecule has 0 saturated heterocycles. The zero-order valence-electron chi connectivity index (χ0n) is 12.7. The minimum Gasteiger partial charge on any atom is -0.341 e. The number of rotatable bonds is 6. The molecule has 0 aliphatic rings. The van der Waals surface area contributed by atoms with Gasteiger partial charge in [-0.15, -0.1) is 12.4 Å². The minimum absolute atomic E-state index is 0. The van der Waals surface area contributed by atoms with Gasteiger partial charge in [0.1, 0.15) is 0 Å². The zero-order valence-corrected chi connectivity index (χ0v) is 15.0. The molecule has 0 radical (unpaired) electrons. The minimum atomic E-state index is -0.486. The summed E-state index contributed by atoms with van der Waals surface area (Å²) in [5, 5.41) is 1.00. The van der Waals surface area contributed by atoms with Gasteiger partial charge < -0.3 is 10.6 Å². The Bertz CT molecular complexity index is 468. The molecule has 2 N–H and O–H groups in total. The zero-order chi connectivity index (χ0) is 15.3. The van der Waals surface area contributed by atoms with E-state index < -0.39 is 5.41 Å². The van der Waals surface area contributed by atoms with E-state index in [0.717, 1.165) is 18.4 Å². The molecule has 21 heavy (non-hydrogen) atoms. The van der Waals surface area contributed by atoms with Crippen molar-refractivity contribution < 1.29 is 4.79 Å².